The van der Waals surface area contributed by atoms with Gasteiger partial charge in [0.15, 0.2) is 11.5 Å². The van der Waals surface area contributed by atoms with Crippen LogP contribution in [-0.2, 0) is 4.79 Å². The van der Waals surface area contributed by atoms with Gasteiger partial charge in [0.1, 0.15) is 0 Å². The summed E-state index contributed by atoms with van der Waals surface area (Å²) in [5.41, 5.74) is 0.848. The second-order valence-electron chi connectivity index (χ2n) is 4.86. The zero-order valence-corrected chi connectivity index (χ0v) is 15.2. The molecule has 0 saturated heterocycles. The lowest BCUT2D eigenvalue weighted by atomic mass is 10.2. The first-order valence-corrected chi connectivity index (χ1v) is 8.67. The van der Waals surface area contributed by atoms with Crippen LogP contribution in [0.4, 0.5) is 5.69 Å². The number of carbonyl (C=O) groups excluding carboxylic acids is 1. The Bertz CT molecular complexity index is 646. The number of hydrogen-bond donors (Lipinski definition) is 1. The molecule has 1 amide bonds. The van der Waals surface area contributed by atoms with Gasteiger partial charge in [-0.25, -0.2) is 0 Å². The van der Waals surface area contributed by atoms with Crippen molar-refractivity contribution >= 4 is 34.2 Å². The van der Waals surface area contributed by atoms with Gasteiger partial charge < -0.3 is 14.8 Å². The number of hydrogen-bond acceptors (Lipinski definition) is 3. The van der Waals surface area contributed by atoms with E-state index in [1.807, 2.05) is 55.5 Å². The molecule has 0 unspecified atom stereocenters. The molecule has 1 N–H and O–H groups in total. The monoisotopic (exact) mass is 425 g/mol. The van der Waals surface area contributed by atoms with Crippen LogP contribution in [0.25, 0.3) is 0 Å². The number of ether oxygens (including phenoxy) is 2. The highest BCUT2D eigenvalue weighted by molar-refractivity contribution is 14.1. The van der Waals surface area contributed by atoms with Crippen LogP contribution in [0.5, 0.6) is 11.5 Å². The summed E-state index contributed by atoms with van der Waals surface area (Å²) in [6, 6.07) is 15.3. The number of rotatable bonds is 8. The number of benzene rings is 2. The molecule has 0 aliphatic carbocycles. The third-order valence-electron chi connectivity index (χ3n) is 3.10. The minimum atomic E-state index is -0.00388. The molecule has 0 saturated carbocycles. The second-order valence-corrected chi connectivity index (χ2v) is 6.02. The summed E-state index contributed by atoms with van der Waals surface area (Å²) >= 11 is 2.20. The smallest absolute Gasteiger partial charge is 0.224 e. The zero-order chi connectivity index (χ0) is 16.5. The molecule has 0 atom stereocenters. The molecular weight excluding hydrogens is 405 g/mol. The maximum atomic E-state index is 12.0. The minimum absolute atomic E-state index is 0.00388. The van der Waals surface area contributed by atoms with Gasteiger partial charge in [0, 0.05) is 9.99 Å². The van der Waals surface area contributed by atoms with Crippen LogP contribution in [-0.4, -0.2) is 19.1 Å². The first kappa shape index (κ1) is 17.6. The summed E-state index contributed by atoms with van der Waals surface area (Å²) in [5.74, 6) is 1.45. The van der Waals surface area contributed by atoms with Crippen molar-refractivity contribution in [3.05, 3.63) is 52.1 Å². The van der Waals surface area contributed by atoms with Crippen LogP contribution in [0, 0.1) is 3.57 Å². The van der Waals surface area contributed by atoms with E-state index in [9.17, 15) is 4.79 Å². The van der Waals surface area contributed by atoms with E-state index < -0.39 is 0 Å². The van der Waals surface area contributed by atoms with Gasteiger partial charge in [0.2, 0.25) is 5.91 Å². The Morgan fingerprint density at radius 1 is 1.04 bits per heavy atom. The molecule has 0 spiro atoms. The fraction of sp³-hybridized carbons (Fsp3) is 0.278. The highest BCUT2D eigenvalue weighted by atomic mass is 127. The number of anilines is 1. The highest BCUT2D eigenvalue weighted by Crippen LogP contribution is 2.26. The first-order chi connectivity index (χ1) is 11.2. The van der Waals surface area contributed by atoms with Gasteiger partial charge in [-0.05, 0) is 60.2 Å². The van der Waals surface area contributed by atoms with E-state index in [1.165, 1.54) is 0 Å². The Morgan fingerprint density at radius 3 is 2.39 bits per heavy atom. The van der Waals surface area contributed by atoms with Crippen molar-refractivity contribution in [1.82, 2.24) is 0 Å². The summed E-state index contributed by atoms with van der Waals surface area (Å²) in [4.78, 5) is 12.0. The molecule has 2 rings (SSSR count). The van der Waals surface area contributed by atoms with Crippen molar-refractivity contribution in [2.75, 3.05) is 18.5 Å². The van der Waals surface area contributed by atoms with Gasteiger partial charge in [-0.3, -0.25) is 4.79 Å². The number of carbonyl (C=O) groups is 1. The topological polar surface area (TPSA) is 47.6 Å². The van der Waals surface area contributed by atoms with Crippen LogP contribution >= 0.6 is 22.6 Å². The molecule has 2 aromatic carbocycles. The van der Waals surface area contributed by atoms with Crippen LogP contribution < -0.4 is 14.8 Å². The summed E-state index contributed by atoms with van der Waals surface area (Å²) < 4.78 is 12.2. The lowest BCUT2D eigenvalue weighted by Gasteiger charge is -2.11. The molecule has 0 fully saturated rings. The van der Waals surface area contributed by atoms with E-state index in [1.54, 1.807) is 0 Å². The van der Waals surface area contributed by atoms with Crippen molar-refractivity contribution in [3.63, 3.8) is 0 Å². The number of amides is 1. The quantitative estimate of drug-likeness (QED) is 0.501. The Kier molecular flexibility index (Phi) is 7.19. The minimum Gasteiger partial charge on any atom is -0.490 e. The molecular formula is C18H20INO3. The standard InChI is InChI=1S/C18H20INO3/c1-2-22-16-10-5-6-11-17(16)23-13-7-12-18(21)20-15-9-4-3-8-14(15)19/h3-6,8-11H,2,7,12-13H2,1H3,(H,20,21). The summed E-state index contributed by atoms with van der Waals surface area (Å²) in [5, 5.41) is 2.91. The molecule has 5 heteroatoms. The van der Waals surface area contributed by atoms with Gasteiger partial charge in [-0.1, -0.05) is 24.3 Å². The Labute approximate surface area is 150 Å². The lowest BCUT2D eigenvalue weighted by molar-refractivity contribution is -0.116. The van der Waals surface area contributed by atoms with E-state index in [-0.39, 0.29) is 5.91 Å². The van der Waals surface area contributed by atoms with E-state index >= 15 is 0 Å². The normalized spacial score (nSPS) is 10.2. The zero-order valence-electron chi connectivity index (χ0n) is 13.0. The molecule has 0 aliphatic rings. The van der Waals surface area contributed by atoms with Crippen molar-refractivity contribution in [1.29, 1.82) is 0 Å². The molecule has 0 radical (unpaired) electrons. The van der Waals surface area contributed by atoms with Gasteiger partial charge in [-0.15, -0.1) is 0 Å². The molecule has 0 aliphatic heterocycles. The van der Waals surface area contributed by atoms with E-state index in [4.69, 9.17) is 9.47 Å². The predicted molar refractivity (Wildman–Crippen MR) is 100 cm³/mol. The average Bonchev–Trinajstić information content (AvgIpc) is 2.55. The van der Waals surface area contributed by atoms with Gasteiger partial charge in [0.25, 0.3) is 0 Å². The van der Waals surface area contributed by atoms with Gasteiger partial charge in [0.05, 0.1) is 18.9 Å². The van der Waals surface area contributed by atoms with E-state index in [0.717, 1.165) is 15.0 Å². The molecule has 4 nitrogen and oxygen atoms in total. The van der Waals surface area contributed by atoms with E-state index in [0.29, 0.717) is 31.8 Å². The SMILES string of the molecule is CCOc1ccccc1OCCCC(=O)Nc1ccccc1I. The highest BCUT2D eigenvalue weighted by Gasteiger charge is 2.06. The third kappa shape index (κ3) is 5.74. The van der Waals surface area contributed by atoms with E-state index in [2.05, 4.69) is 27.9 Å². The Morgan fingerprint density at radius 2 is 1.70 bits per heavy atom. The fourth-order valence-corrected chi connectivity index (χ4v) is 2.56. The number of halogens is 1. The average molecular weight is 425 g/mol. The Balaban J connectivity index is 1.75. The van der Waals surface area contributed by atoms with Crippen molar-refractivity contribution in [2.45, 2.75) is 19.8 Å². The number of para-hydroxylation sites is 3. The van der Waals surface area contributed by atoms with Crippen molar-refractivity contribution in [2.24, 2.45) is 0 Å². The number of nitrogens with one attached hydrogen (secondary N) is 1. The molecule has 0 heterocycles. The van der Waals surface area contributed by atoms with Crippen LogP contribution in [0.15, 0.2) is 48.5 Å². The third-order valence-corrected chi connectivity index (χ3v) is 4.04. The molecule has 122 valence electrons. The predicted octanol–water partition coefficient (Wildman–Crippen LogP) is 4.49. The molecule has 0 aromatic heterocycles. The second kappa shape index (κ2) is 9.39. The maximum absolute atomic E-state index is 12.0. The first-order valence-electron chi connectivity index (χ1n) is 7.59. The molecule has 0 bridgehead atoms. The maximum Gasteiger partial charge on any atom is 0.224 e. The fourth-order valence-electron chi connectivity index (χ4n) is 2.03. The summed E-state index contributed by atoms with van der Waals surface area (Å²) in [6.07, 6.45) is 1.07. The van der Waals surface area contributed by atoms with Gasteiger partial charge >= 0.3 is 0 Å². The van der Waals surface area contributed by atoms with Gasteiger partial charge in [-0.2, -0.15) is 0 Å². The Hall–Kier alpha value is -1.76. The largest absolute Gasteiger partial charge is 0.490 e. The molecule has 2 aromatic rings. The molecule has 23 heavy (non-hydrogen) atoms. The van der Waals surface area contributed by atoms with Crippen molar-refractivity contribution < 1.29 is 14.3 Å². The van der Waals surface area contributed by atoms with Crippen molar-refractivity contribution in [3.8, 4) is 11.5 Å². The van der Waals surface area contributed by atoms with Crippen LogP contribution in [0.3, 0.4) is 0 Å². The lowest BCUT2D eigenvalue weighted by Crippen LogP contribution is -2.13. The summed E-state index contributed by atoms with van der Waals surface area (Å²) in [6.45, 7) is 3.01. The van der Waals surface area contributed by atoms with Crippen LogP contribution in [0.1, 0.15) is 19.8 Å². The van der Waals surface area contributed by atoms with Crippen LogP contribution in [0.2, 0.25) is 0 Å². The summed E-state index contributed by atoms with van der Waals surface area (Å²) in [7, 11) is 0.